The first kappa shape index (κ1) is 4.19. The van der Waals surface area contributed by atoms with Gasteiger partial charge in [-0.05, 0) is 12.1 Å². The number of rotatable bonds is 0. The molecule has 1 N–H and O–H groups in total. The van der Waals surface area contributed by atoms with Crippen LogP contribution < -0.4 is 0 Å². The highest BCUT2D eigenvalue weighted by molar-refractivity contribution is 5.18. The molecule has 7 heavy (non-hydrogen) atoms. The number of phenols is 1. The fourth-order valence-corrected chi connectivity index (χ4v) is 0.428. The Labute approximate surface area is 45.2 Å². The highest BCUT2D eigenvalue weighted by Crippen LogP contribution is 2.02. The van der Waals surface area contributed by atoms with Crippen LogP contribution in [-0.4, -0.2) is 5.11 Å². The summed E-state index contributed by atoms with van der Waals surface area (Å²) >= 11 is 0. The highest BCUT2D eigenvalue weighted by Gasteiger charge is 1.74. The van der Waals surface area contributed by atoms with Crippen LogP contribution in [0.1, 0.15) is 2.85 Å². The van der Waals surface area contributed by atoms with E-state index in [0.717, 1.165) is 0 Å². The molecule has 0 saturated heterocycles. The van der Waals surface area contributed by atoms with Crippen LogP contribution >= 0.6 is 0 Å². The monoisotopic (exact) mass is 96.1 g/mol. The molecule has 0 fully saturated rings. The molecule has 0 radical (unpaired) electrons. The second-order valence-electron chi connectivity index (χ2n) is 1.34. The zero-order valence-electron chi connectivity index (χ0n) is 5.83. The average molecular weight is 96.1 g/mol. The third kappa shape index (κ3) is 0.929. The van der Waals surface area contributed by atoms with Gasteiger partial charge < -0.3 is 5.11 Å². The van der Waals surface area contributed by atoms with Gasteiger partial charge in [0.05, 0.1) is 0 Å². The van der Waals surface area contributed by atoms with Gasteiger partial charge in [0, 0.05) is 0 Å². The molecular formula is C6H8O+2. The predicted octanol–water partition coefficient (Wildman–Crippen LogP) is 1.62. The van der Waals surface area contributed by atoms with E-state index in [0.29, 0.717) is 5.75 Å². The van der Waals surface area contributed by atoms with Gasteiger partial charge in [-0.25, -0.2) is 0 Å². The Morgan fingerprint density at radius 2 is 1.71 bits per heavy atom. The average Bonchev–Trinajstić information content (AvgIpc) is 1.69. The van der Waals surface area contributed by atoms with E-state index < -0.39 is 0 Å². The Morgan fingerprint density at radius 3 is 2.00 bits per heavy atom. The van der Waals surface area contributed by atoms with Crippen molar-refractivity contribution in [3.8, 4) is 5.75 Å². The molecule has 1 aromatic rings. The van der Waals surface area contributed by atoms with E-state index in [1.807, 2.05) is 6.07 Å². The summed E-state index contributed by atoms with van der Waals surface area (Å²) in [5.41, 5.74) is 0. The van der Waals surface area contributed by atoms with Gasteiger partial charge in [-0.3, -0.25) is 0 Å². The molecule has 1 rings (SSSR count). The molecule has 0 aliphatic carbocycles. The van der Waals surface area contributed by atoms with Gasteiger partial charge in [0.1, 0.15) is 5.75 Å². The Kier molecular flexibility index (Phi) is 0.984. The van der Waals surface area contributed by atoms with Crippen LogP contribution in [0.4, 0.5) is 0 Å². The Morgan fingerprint density at radius 1 is 1.14 bits per heavy atom. The fourth-order valence-electron chi connectivity index (χ4n) is 0.428. The summed E-state index contributed by atoms with van der Waals surface area (Å²) in [6.45, 7) is 0. The molecule has 36 valence electrons. The quantitative estimate of drug-likeness (QED) is 0.520. The van der Waals surface area contributed by atoms with Gasteiger partial charge in [-0.15, -0.1) is 0 Å². The summed E-state index contributed by atoms with van der Waals surface area (Å²) in [4.78, 5) is 0. The summed E-state index contributed by atoms with van der Waals surface area (Å²) < 4.78 is 0. The molecule has 0 bridgehead atoms. The Hall–Kier alpha value is -0.980. The summed E-state index contributed by atoms with van der Waals surface area (Å²) in [5, 5.41) is 8.63. The minimum Gasteiger partial charge on any atom is -0.508 e. The van der Waals surface area contributed by atoms with E-state index >= 15 is 0 Å². The second-order valence-corrected chi connectivity index (χ2v) is 1.34. The molecule has 0 unspecified atom stereocenters. The fraction of sp³-hybridized carbons (Fsp3) is 0. The number of para-hydroxylation sites is 1. The van der Waals surface area contributed by atoms with Crippen molar-refractivity contribution in [2.24, 2.45) is 0 Å². The maximum atomic E-state index is 8.63. The van der Waals surface area contributed by atoms with Gasteiger partial charge in [0.2, 0.25) is 0 Å². The largest absolute Gasteiger partial charge is 1.00 e. The first-order valence-electron chi connectivity index (χ1n) is 2.13. The highest BCUT2D eigenvalue weighted by atomic mass is 16.3. The minimum atomic E-state index is 0. The number of aromatic hydroxyl groups is 1. The molecule has 0 saturated carbocycles. The molecular weight excluding hydrogens is 88.1 g/mol. The Balaban J connectivity index is 0. The summed E-state index contributed by atoms with van der Waals surface area (Å²) in [6.07, 6.45) is 0. The molecule has 1 aromatic carbocycles. The van der Waals surface area contributed by atoms with Crippen LogP contribution in [0.15, 0.2) is 30.3 Å². The lowest BCUT2D eigenvalue weighted by molar-refractivity contribution is 0.475. The van der Waals surface area contributed by atoms with Gasteiger partial charge in [0.25, 0.3) is 0 Å². The Bertz CT molecular complexity index is 141. The lowest BCUT2D eigenvalue weighted by Gasteiger charge is -1.82. The maximum Gasteiger partial charge on any atom is 1.00 e. The SMILES string of the molecule is Oc1ccccc1.[H+].[H+]. The van der Waals surface area contributed by atoms with E-state index in [9.17, 15) is 0 Å². The second kappa shape index (κ2) is 1.65. The molecule has 0 aliphatic rings. The topological polar surface area (TPSA) is 20.2 Å². The van der Waals surface area contributed by atoms with Crippen molar-refractivity contribution >= 4 is 0 Å². The van der Waals surface area contributed by atoms with Crippen molar-refractivity contribution < 1.29 is 7.96 Å². The molecule has 0 amide bonds. The normalized spacial score (nSPS) is 8.57. The van der Waals surface area contributed by atoms with Crippen LogP contribution in [0.2, 0.25) is 0 Å². The first-order chi connectivity index (χ1) is 3.39. The number of hydrogen-bond acceptors (Lipinski definition) is 1. The van der Waals surface area contributed by atoms with Crippen molar-refractivity contribution in [3.05, 3.63) is 30.3 Å². The first-order valence-corrected chi connectivity index (χ1v) is 2.13. The van der Waals surface area contributed by atoms with Crippen LogP contribution in [0.5, 0.6) is 5.75 Å². The van der Waals surface area contributed by atoms with Crippen molar-refractivity contribution in [2.75, 3.05) is 0 Å². The summed E-state index contributed by atoms with van der Waals surface area (Å²) in [7, 11) is 0. The zero-order chi connectivity index (χ0) is 5.11. The summed E-state index contributed by atoms with van der Waals surface area (Å²) in [5.74, 6) is 0.322. The number of phenolic OH excluding ortho intramolecular Hbond substituents is 1. The van der Waals surface area contributed by atoms with Gasteiger partial charge in [-0.2, -0.15) is 0 Å². The number of hydrogen-bond donors (Lipinski definition) is 1. The van der Waals surface area contributed by atoms with Crippen molar-refractivity contribution in [1.82, 2.24) is 0 Å². The lowest BCUT2D eigenvalue weighted by atomic mass is 10.3. The van der Waals surface area contributed by atoms with Crippen LogP contribution in [0, 0.1) is 0 Å². The van der Waals surface area contributed by atoms with Crippen molar-refractivity contribution in [2.45, 2.75) is 0 Å². The maximum absolute atomic E-state index is 8.63. The molecule has 1 heteroatoms. The van der Waals surface area contributed by atoms with Crippen molar-refractivity contribution in [3.63, 3.8) is 0 Å². The minimum absolute atomic E-state index is 0. The summed E-state index contributed by atoms with van der Waals surface area (Å²) in [6, 6.07) is 8.71. The predicted molar refractivity (Wildman–Crippen MR) is 30.3 cm³/mol. The van der Waals surface area contributed by atoms with Gasteiger partial charge >= 0.3 is 2.85 Å². The molecule has 0 heterocycles. The van der Waals surface area contributed by atoms with E-state index in [1.54, 1.807) is 24.3 Å². The van der Waals surface area contributed by atoms with Crippen LogP contribution in [0.25, 0.3) is 0 Å². The third-order valence-corrected chi connectivity index (χ3v) is 0.756. The lowest BCUT2D eigenvalue weighted by Crippen LogP contribution is -1.56. The standard InChI is InChI=1S/C6H6O/c7-6-4-2-1-3-5-6/h1-5,7H/p+2. The molecule has 0 aliphatic heterocycles. The van der Waals surface area contributed by atoms with E-state index in [1.165, 1.54) is 0 Å². The third-order valence-electron chi connectivity index (χ3n) is 0.756. The van der Waals surface area contributed by atoms with Crippen LogP contribution in [0.3, 0.4) is 0 Å². The van der Waals surface area contributed by atoms with E-state index in [2.05, 4.69) is 0 Å². The van der Waals surface area contributed by atoms with Gasteiger partial charge in [0.15, 0.2) is 0 Å². The van der Waals surface area contributed by atoms with Gasteiger partial charge in [-0.1, -0.05) is 18.2 Å². The molecule has 0 atom stereocenters. The van der Waals surface area contributed by atoms with E-state index in [4.69, 9.17) is 5.11 Å². The molecule has 0 aromatic heterocycles. The van der Waals surface area contributed by atoms with Crippen molar-refractivity contribution in [1.29, 1.82) is 0 Å². The molecule has 0 spiro atoms. The van der Waals surface area contributed by atoms with E-state index in [-0.39, 0.29) is 2.85 Å². The smallest absolute Gasteiger partial charge is 0.508 e. The number of benzene rings is 1. The van der Waals surface area contributed by atoms with Crippen LogP contribution in [-0.2, 0) is 0 Å². The molecule has 1 nitrogen and oxygen atoms in total. The zero-order valence-corrected chi connectivity index (χ0v) is 3.83.